The number of ether oxygens (including phenoxy) is 5. The van der Waals surface area contributed by atoms with Gasteiger partial charge in [0.05, 0.1) is 6.61 Å². The quantitative estimate of drug-likeness (QED) is 0.496. The van der Waals surface area contributed by atoms with E-state index in [1.54, 1.807) is 0 Å². The Morgan fingerprint density at radius 1 is 0.826 bits per heavy atom. The summed E-state index contributed by atoms with van der Waals surface area (Å²) in [5.74, 6) is -2.43. The van der Waals surface area contributed by atoms with Crippen LogP contribution in [0.4, 0.5) is 0 Å². The lowest BCUT2D eigenvalue weighted by molar-refractivity contribution is -0.231. The smallest absolute Gasteiger partial charge is 0.303 e. The third kappa shape index (κ3) is 6.23. The highest BCUT2D eigenvalue weighted by Crippen LogP contribution is 2.24. The number of esters is 4. The second kappa shape index (κ2) is 8.47. The summed E-state index contributed by atoms with van der Waals surface area (Å²) in [7, 11) is 0. The number of hydrogen-bond donors (Lipinski definition) is 0. The van der Waals surface area contributed by atoms with E-state index in [9.17, 15) is 19.2 Å². The molecule has 0 unspecified atom stereocenters. The van der Waals surface area contributed by atoms with Gasteiger partial charge in [0.15, 0.2) is 18.3 Å². The minimum Gasteiger partial charge on any atom is -0.463 e. The van der Waals surface area contributed by atoms with E-state index in [0.29, 0.717) is 0 Å². The molecule has 1 aliphatic heterocycles. The highest BCUT2D eigenvalue weighted by atomic mass is 16.7. The molecule has 1 saturated heterocycles. The summed E-state index contributed by atoms with van der Waals surface area (Å²) in [6, 6.07) is 0. The first-order valence-electron chi connectivity index (χ1n) is 6.97. The molecule has 23 heavy (non-hydrogen) atoms. The fourth-order valence-electron chi connectivity index (χ4n) is 2.16. The van der Waals surface area contributed by atoms with Gasteiger partial charge < -0.3 is 23.7 Å². The highest BCUT2D eigenvalue weighted by molar-refractivity contribution is 5.68. The van der Waals surface area contributed by atoms with Crippen molar-refractivity contribution in [1.82, 2.24) is 0 Å². The van der Waals surface area contributed by atoms with Crippen LogP contribution in [0, 0.1) is 0 Å². The lowest BCUT2D eigenvalue weighted by atomic mass is 9.99. The molecule has 0 aliphatic carbocycles. The first-order valence-corrected chi connectivity index (χ1v) is 6.97. The molecule has 0 N–H and O–H groups in total. The van der Waals surface area contributed by atoms with E-state index >= 15 is 0 Å². The summed E-state index contributed by atoms with van der Waals surface area (Å²) < 4.78 is 25.6. The van der Waals surface area contributed by atoms with E-state index in [1.165, 1.54) is 27.7 Å². The largest absolute Gasteiger partial charge is 0.463 e. The van der Waals surface area contributed by atoms with E-state index in [4.69, 9.17) is 23.7 Å². The van der Waals surface area contributed by atoms with Gasteiger partial charge in [0, 0.05) is 27.7 Å². The Kier molecular flexibility index (Phi) is 6.95. The fraction of sp³-hybridized carbons (Fsp3) is 0.714. The lowest BCUT2D eigenvalue weighted by Crippen LogP contribution is -2.58. The van der Waals surface area contributed by atoms with Gasteiger partial charge >= 0.3 is 23.9 Å². The molecule has 4 atom stereocenters. The Labute approximate surface area is 133 Å². The van der Waals surface area contributed by atoms with E-state index in [1.807, 2.05) is 0 Å². The van der Waals surface area contributed by atoms with Gasteiger partial charge in [0.25, 0.3) is 0 Å². The molecule has 1 rings (SSSR count). The molecule has 0 aromatic rings. The van der Waals surface area contributed by atoms with E-state index in [-0.39, 0.29) is 13.2 Å². The number of carbonyl (C=O) groups is 4. The first kappa shape index (κ1) is 18.9. The summed E-state index contributed by atoms with van der Waals surface area (Å²) in [6.45, 7) is 4.46. The average molecular weight is 332 g/mol. The average Bonchev–Trinajstić information content (AvgIpc) is 2.39. The van der Waals surface area contributed by atoms with Crippen molar-refractivity contribution in [3.8, 4) is 0 Å². The maximum absolute atomic E-state index is 11.3. The molecular weight excluding hydrogens is 312 g/mol. The molecule has 9 nitrogen and oxygen atoms in total. The van der Waals surface area contributed by atoms with Crippen molar-refractivity contribution in [2.45, 2.75) is 52.1 Å². The van der Waals surface area contributed by atoms with Gasteiger partial charge in [-0.15, -0.1) is 0 Å². The molecule has 0 radical (unpaired) electrons. The van der Waals surface area contributed by atoms with E-state index in [2.05, 4.69) is 0 Å². The van der Waals surface area contributed by atoms with Crippen molar-refractivity contribution >= 4 is 23.9 Å². The van der Waals surface area contributed by atoms with Crippen LogP contribution in [0.5, 0.6) is 0 Å². The standard InChI is InChI=1S/C14H20O9/c1-7(15)19-5-11-13(22-9(3)17)14(23-10(4)18)12(6-20-11)21-8(2)16/h11-14H,5-6H2,1-4H3/t11-,12+,13+,14-/m0/s1. The molecule has 0 saturated carbocycles. The zero-order valence-corrected chi connectivity index (χ0v) is 13.4. The van der Waals surface area contributed by atoms with Crippen LogP contribution in [0.15, 0.2) is 0 Å². The van der Waals surface area contributed by atoms with Crippen LogP contribution in [0.2, 0.25) is 0 Å². The molecule has 0 aromatic heterocycles. The van der Waals surface area contributed by atoms with Gasteiger partial charge in [-0.3, -0.25) is 19.2 Å². The molecule has 1 fully saturated rings. The molecule has 0 aromatic carbocycles. The Morgan fingerprint density at radius 3 is 1.83 bits per heavy atom. The van der Waals surface area contributed by atoms with Crippen LogP contribution in [0.25, 0.3) is 0 Å². The van der Waals surface area contributed by atoms with Gasteiger partial charge in [-0.2, -0.15) is 0 Å². The highest BCUT2D eigenvalue weighted by Gasteiger charge is 2.47. The molecule has 1 heterocycles. The number of hydrogen-bond acceptors (Lipinski definition) is 9. The van der Waals surface area contributed by atoms with Crippen LogP contribution in [-0.4, -0.2) is 61.5 Å². The molecule has 9 heteroatoms. The van der Waals surface area contributed by atoms with Gasteiger partial charge in [-0.25, -0.2) is 0 Å². The maximum Gasteiger partial charge on any atom is 0.303 e. The third-order valence-electron chi connectivity index (χ3n) is 2.90. The normalized spacial score (nSPS) is 26.8. The van der Waals surface area contributed by atoms with Crippen LogP contribution < -0.4 is 0 Å². The summed E-state index contributed by atoms with van der Waals surface area (Å²) in [5, 5.41) is 0. The predicted molar refractivity (Wildman–Crippen MR) is 73.0 cm³/mol. The Hall–Kier alpha value is -2.16. The lowest BCUT2D eigenvalue weighted by Gasteiger charge is -2.40. The molecule has 0 spiro atoms. The SMILES string of the molecule is CC(=O)OC[C@@H]1OC[C@@H](OC(C)=O)[C@H](OC(C)=O)[C@@H]1OC(C)=O. The second-order valence-electron chi connectivity index (χ2n) is 4.97. The van der Waals surface area contributed by atoms with Crippen molar-refractivity contribution in [2.24, 2.45) is 0 Å². The second-order valence-corrected chi connectivity index (χ2v) is 4.97. The van der Waals surface area contributed by atoms with E-state index in [0.717, 1.165) is 0 Å². The monoisotopic (exact) mass is 332 g/mol. The van der Waals surface area contributed by atoms with Gasteiger partial charge in [-0.05, 0) is 0 Å². The van der Waals surface area contributed by atoms with Crippen LogP contribution in [0.3, 0.4) is 0 Å². The van der Waals surface area contributed by atoms with Crippen LogP contribution in [-0.2, 0) is 42.9 Å². The zero-order chi connectivity index (χ0) is 17.6. The van der Waals surface area contributed by atoms with Crippen molar-refractivity contribution in [2.75, 3.05) is 13.2 Å². The number of carbonyl (C=O) groups excluding carboxylic acids is 4. The third-order valence-corrected chi connectivity index (χ3v) is 2.90. The Bertz CT molecular complexity index is 473. The maximum atomic E-state index is 11.3. The minimum absolute atomic E-state index is 0.0960. The fourth-order valence-corrected chi connectivity index (χ4v) is 2.16. The predicted octanol–water partition coefficient (Wildman–Crippen LogP) is -0.257. The molecule has 0 amide bonds. The summed E-state index contributed by atoms with van der Waals surface area (Å²) >= 11 is 0. The van der Waals surface area contributed by atoms with Crippen molar-refractivity contribution in [1.29, 1.82) is 0 Å². The topological polar surface area (TPSA) is 114 Å². The molecule has 1 aliphatic rings. The van der Waals surface area contributed by atoms with Gasteiger partial charge in [0.1, 0.15) is 12.7 Å². The van der Waals surface area contributed by atoms with E-state index < -0.39 is 48.3 Å². The molecule has 130 valence electrons. The minimum atomic E-state index is -1.08. The van der Waals surface area contributed by atoms with Crippen molar-refractivity contribution < 1.29 is 42.9 Å². The van der Waals surface area contributed by atoms with Crippen molar-refractivity contribution in [3.05, 3.63) is 0 Å². The summed E-state index contributed by atoms with van der Waals surface area (Å²) in [6.07, 6.45) is -3.92. The van der Waals surface area contributed by atoms with Gasteiger partial charge in [-0.1, -0.05) is 0 Å². The van der Waals surface area contributed by atoms with Crippen LogP contribution in [0.1, 0.15) is 27.7 Å². The Morgan fingerprint density at radius 2 is 1.35 bits per heavy atom. The van der Waals surface area contributed by atoms with Gasteiger partial charge in [0.2, 0.25) is 0 Å². The Balaban J connectivity index is 2.98. The van der Waals surface area contributed by atoms with Crippen LogP contribution >= 0.6 is 0 Å². The zero-order valence-electron chi connectivity index (χ0n) is 13.4. The van der Waals surface area contributed by atoms with Crippen molar-refractivity contribution in [3.63, 3.8) is 0 Å². The first-order chi connectivity index (χ1) is 10.7. The summed E-state index contributed by atoms with van der Waals surface area (Å²) in [4.78, 5) is 44.8. The molecular formula is C14H20O9. The number of rotatable bonds is 5. The summed E-state index contributed by atoms with van der Waals surface area (Å²) in [5.41, 5.74) is 0. The molecule has 0 bridgehead atoms.